The summed E-state index contributed by atoms with van der Waals surface area (Å²) < 4.78 is 11.1. The first-order chi connectivity index (χ1) is 15.8. The fourth-order valence-electron chi connectivity index (χ4n) is 1.73. The van der Waals surface area contributed by atoms with Crippen molar-refractivity contribution in [2.45, 2.75) is 39.3 Å². The Bertz CT molecular complexity index is 952. The number of esters is 2. The van der Waals surface area contributed by atoms with Gasteiger partial charge in [0.2, 0.25) is 5.24 Å². The van der Waals surface area contributed by atoms with Gasteiger partial charge in [0.05, 0.1) is 33.0 Å². The second kappa shape index (κ2) is 21.6. The van der Waals surface area contributed by atoms with E-state index in [9.17, 15) is 19.2 Å². The van der Waals surface area contributed by atoms with Crippen LogP contribution in [0.15, 0.2) is 14.9 Å². The summed E-state index contributed by atoms with van der Waals surface area (Å²) >= 11 is 7.63. The van der Waals surface area contributed by atoms with E-state index in [2.05, 4.69) is 19.7 Å². The SMILES string of the molecule is CCOC(=O)CC(=O)Cl.CCOC(=O)c1c(C)nc(SC)[nH]c1=O.CSC(N)=NC(C)=[N+](C)C.[I-]. The lowest BCUT2D eigenvalue weighted by Gasteiger charge is -2.04. The van der Waals surface area contributed by atoms with Gasteiger partial charge >= 0.3 is 11.9 Å². The smallest absolute Gasteiger partial charge is 0.345 e. The molecule has 0 atom stereocenters. The highest BCUT2D eigenvalue weighted by Gasteiger charge is 2.16. The molecule has 1 aromatic heterocycles. The maximum atomic E-state index is 11.5. The standard InChI is InChI=1S/C9H12N2O3S.C6H13N3S.C5H7ClO3.HI/c1-4-14-8(13)6-5(2)10-9(15-3)11-7(6)12;1-5(9(2)3)8-6(7)10-4;1-2-9-5(8)3-4(6)7;/h4H2,1-3H3,(H,10,11,12);7H,1-4H3;2-3H2,1H3;1H. The summed E-state index contributed by atoms with van der Waals surface area (Å²) in [6.45, 7) is 7.40. The molecular formula is C20H33ClIN5O6S2. The Kier molecular flexibility index (Phi) is 23.4. The van der Waals surface area contributed by atoms with E-state index in [1.54, 1.807) is 27.0 Å². The highest BCUT2D eigenvalue weighted by Crippen LogP contribution is 2.08. The summed E-state index contributed by atoms with van der Waals surface area (Å²) in [5, 5.41) is 0.408. The van der Waals surface area contributed by atoms with Crippen LogP contribution < -0.4 is 35.3 Å². The third-order valence-corrected chi connectivity index (χ3v) is 4.69. The van der Waals surface area contributed by atoms with Crippen molar-refractivity contribution in [2.24, 2.45) is 10.7 Å². The zero-order valence-corrected chi connectivity index (χ0v) is 25.6. The monoisotopic (exact) mass is 665 g/mol. The molecule has 1 heterocycles. The Morgan fingerprint density at radius 1 is 1.17 bits per heavy atom. The summed E-state index contributed by atoms with van der Waals surface area (Å²) in [5.74, 6) is -0.277. The number of aromatic nitrogens is 2. The van der Waals surface area contributed by atoms with Gasteiger partial charge in [-0.2, -0.15) is 0 Å². The van der Waals surface area contributed by atoms with Gasteiger partial charge in [-0.15, -0.1) is 0 Å². The Balaban J connectivity index is -0.000000454. The molecule has 0 aliphatic rings. The number of thioether (sulfide) groups is 2. The molecule has 0 fully saturated rings. The molecule has 0 spiro atoms. The van der Waals surface area contributed by atoms with Crippen LogP contribution in [0.25, 0.3) is 0 Å². The average molecular weight is 666 g/mol. The quantitative estimate of drug-likeness (QED) is 0.0447. The summed E-state index contributed by atoms with van der Waals surface area (Å²) in [7, 11) is 3.87. The summed E-state index contributed by atoms with van der Waals surface area (Å²) in [5.41, 5.74) is 5.40. The molecular weight excluding hydrogens is 633 g/mol. The van der Waals surface area contributed by atoms with E-state index in [0.29, 0.717) is 16.0 Å². The maximum Gasteiger partial charge on any atom is 0.345 e. The molecule has 0 saturated carbocycles. The van der Waals surface area contributed by atoms with Crippen LogP contribution in [0.5, 0.6) is 0 Å². The summed E-state index contributed by atoms with van der Waals surface area (Å²) in [6.07, 6.45) is 3.36. The van der Waals surface area contributed by atoms with Crippen LogP contribution in [-0.2, 0) is 19.1 Å². The van der Waals surface area contributed by atoms with Crippen LogP contribution in [-0.4, -0.2) is 82.5 Å². The van der Waals surface area contributed by atoms with Crippen molar-refractivity contribution in [3.05, 3.63) is 21.6 Å². The Hall–Kier alpha value is -1.65. The number of amidine groups is 2. The second-order valence-electron chi connectivity index (χ2n) is 6.19. The molecule has 3 N–H and O–H groups in total. The highest BCUT2D eigenvalue weighted by atomic mass is 127. The number of aryl methyl sites for hydroxylation is 1. The number of nitrogens with one attached hydrogen (secondary N) is 1. The van der Waals surface area contributed by atoms with Crippen LogP contribution in [0, 0.1) is 6.92 Å². The molecule has 0 aromatic carbocycles. The first-order valence-corrected chi connectivity index (χ1v) is 12.7. The zero-order chi connectivity index (χ0) is 26.8. The summed E-state index contributed by atoms with van der Waals surface area (Å²) in [4.78, 5) is 53.9. The maximum absolute atomic E-state index is 11.5. The average Bonchev–Trinajstić information content (AvgIpc) is 2.73. The van der Waals surface area contributed by atoms with Crippen molar-refractivity contribution in [3.63, 3.8) is 0 Å². The van der Waals surface area contributed by atoms with Crippen molar-refractivity contribution in [2.75, 3.05) is 39.8 Å². The third kappa shape index (κ3) is 18.3. The van der Waals surface area contributed by atoms with E-state index in [4.69, 9.17) is 22.1 Å². The molecule has 0 aliphatic heterocycles. The zero-order valence-electron chi connectivity index (χ0n) is 21.1. The molecule has 35 heavy (non-hydrogen) atoms. The van der Waals surface area contributed by atoms with Gasteiger partial charge < -0.3 is 44.2 Å². The van der Waals surface area contributed by atoms with E-state index in [-0.39, 0.29) is 49.2 Å². The van der Waals surface area contributed by atoms with Gasteiger partial charge in [-0.25, -0.2) is 9.78 Å². The molecule has 0 amide bonds. The van der Waals surface area contributed by atoms with Gasteiger partial charge in [-0.3, -0.25) is 19.0 Å². The van der Waals surface area contributed by atoms with Gasteiger partial charge in [-0.1, -0.05) is 23.5 Å². The van der Waals surface area contributed by atoms with E-state index < -0.39 is 22.7 Å². The fourth-order valence-corrected chi connectivity index (χ4v) is 2.49. The molecule has 0 unspecified atom stereocenters. The molecule has 0 saturated heterocycles. The van der Waals surface area contributed by atoms with Gasteiger partial charge in [0.25, 0.3) is 16.6 Å². The van der Waals surface area contributed by atoms with E-state index >= 15 is 0 Å². The lowest BCUT2D eigenvalue weighted by Crippen LogP contribution is -3.00. The number of halogens is 2. The van der Waals surface area contributed by atoms with E-state index in [1.165, 1.54) is 23.5 Å². The van der Waals surface area contributed by atoms with E-state index in [0.717, 1.165) is 5.84 Å². The summed E-state index contributed by atoms with van der Waals surface area (Å²) in [6, 6.07) is 0. The molecule has 0 bridgehead atoms. The number of aliphatic imine (C=N–C) groups is 1. The normalized spacial score (nSPS) is 9.80. The van der Waals surface area contributed by atoms with Gasteiger partial charge in [-0.05, 0) is 49.9 Å². The van der Waals surface area contributed by atoms with Crippen LogP contribution in [0.1, 0.15) is 43.2 Å². The predicted molar refractivity (Wildman–Crippen MR) is 137 cm³/mol. The van der Waals surface area contributed by atoms with E-state index in [1.807, 2.05) is 31.9 Å². The van der Waals surface area contributed by atoms with Crippen molar-refractivity contribution < 1.29 is 52.4 Å². The minimum Gasteiger partial charge on any atom is -1.00 e. The number of hydrogen-bond acceptors (Lipinski definition) is 9. The number of hydrogen-bond donors (Lipinski definition) is 2. The van der Waals surface area contributed by atoms with Crippen LogP contribution in [0.3, 0.4) is 0 Å². The number of nitrogens with two attached hydrogens (primary N) is 1. The minimum absolute atomic E-state index is 0. The van der Waals surface area contributed by atoms with Crippen LogP contribution in [0.4, 0.5) is 0 Å². The highest BCUT2D eigenvalue weighted by molar-refractivity contribution is 8.13. The number of aromatic amines is 1. The first kappa shape index (κ1) is 37.9. The second-order valence-corrected chi connectivity index (χ2v) is 8.23. The van der Waals surface area contributed by atoms with Gasteiger partial charge in [0.15, 0.2) is 5.16 Å². The first-order valence-electron chi connectivity index (χ1n) is 9.89. The number of carbonyl (C=O) groups is 3. The Labute approximate surface area is 236 Å². The van der Waals surface area contributed by atoms with Crippen LogP contribution in [0.2, 0.25) is 0 Å². The number of nitrogens with zero attached hydrogens (tertiary/aromatic N) is 3. The van der Waals surface area contributed by atoms with Crippen molar-refractivity contribution in [1.29, 1.82) is 0 Å². The lowest BCUT2D eigenvalue weighted by molar-refractivity contribution is -0.465. The molecule has 0 aliphatic carbocycles. The molecule has 200 valence electrons. The largest absolute Gasteiger partial charge is 1.00 e. The predicted octanol–water partition coefficient (Wildman–Crippen LogP) is -0.959. The van der Waals surface area contributed by atoms with Crippen molar-refractivity contribution in [3.8, 4) is 0 Å². The minimum atomic E-state index is -0.687. The van der Waals surface area contributed by atoms with Gasteiger partial charge in [0.1, 0.15) is 12.0 Å². The molecule has 1 aromatic rings. The number of rotatable bonds is 6. The Morgan fingerprint density at radius 3 is 2.09 bits per heavy atom. The Morgan fingerprint density at radius 2 is 1.71 bits per heavy atom. The van der Waals surface area contributed by atoms with Gasteiger partial charge in [0, 0.05) is 6.92 Å². The fraction of sp³-hybridized carbons (Fsp3) is 0.550. The molecule has 11 nitrogen and oxygen atoms in total. The third-order valence-electron chi connectivity index (χ3n) is 3.47. The van der Waals surface area contributed by atoms with Crippen molar-refractivity contribution in [1.82, 2.24) is 9.97 Å². The number of H-pyrrole nitrogens is 1. The number of carbonyl (C=O) groups excluding carboxylic acids is 3. The van der Waals surface area contributed by atoms with Crippen LogP contribution >= 0.6 is 35.1 Å². The molecule has 1 rings (SSSR count). The lowest BCUT2D eigenvalue weighted by atomic mass is 10.2. The molecule has 0 radical (unpaired) electrons. The number of ether oxygens (including phenoxy) is 2. The van der Waals surface area contributed by atoms with Crippen molar-refractivity contribution >= 4 is 63.3 Å². The topological polar surface area (TPSA) is 157 Å². The molecule has 15 heteroatoms.